The van der Waals surface area contributed by atoms with Gasteiger partial charge in [-0.2, -0.15) is 13.2 Å². The Morgan fingerprint density at radius 2 is 1.85 bits per heavy atom. The lowest BCUT2D eigenvalue weighted by Crippen LogP contribution is -2.40. The standard InChI is InChI=1S/C23H27F3N6O/c1-14(2)28-19-12-15(10-11-27-19)22(33)30-17-8-6-16(7-9-17)29-20-4-3-5-21-31-18(13-32(20)21)23(24,25)26/h3-5,10-14,16-17,29H,6-9H2,1-2H3,(H,27,28)(H,30,33)/t16-,17+. The third kappa shape index (κ3) is 5.55. The third-order valence-electron chi connectivity index (χ3n) is 5.66. The molecule has 3 heterocycles. The van der Waals surface area contributed by atoms with Crippen molar-refractivity contribution in [1.29, 1.82) is 0 Å². The highest BCUT2D eigenvalue weighted by atomic mass is 19.4. The van der Waals surface area contributed by atoms with Gasteiger partial charge in [0.2, 0.25) is 0 Å². The lowest BCUT2D eigenvalue weighted by molar-refractivity contribution is -0.140. The van der Waals surface area contributed by atoms with Gasteiger partial charge in [-0.15, -0.1) is 0 Å². The Balaban J connectivity index is 1.34. The molecule has 0 spiro atoms. The number of nitrogens with one attached hydrogen (secondary N) is 3. The van der Waals surface area contributed by atoms with Crippen molar-refractivity contribution in [3.63, 3.8) is 0 Å². The van der Waals surface area contributed by atoms with Gasteiger partial charge >= 0.3 is 6.18 Å². The summed E-state index contributed by atoms with van der Waals surface area (Å²) >= 11 is 0. The summed E-state index contributed by atoms with van der Waals surface area (Å²) in [5.41, 5.74) is -0.108. The normalized spacial score (nSPS) is 19.0. The summed E-state index contributed by atoms with van der Waals surface area (Å²) < 4.78 is 40.5. The Hall–Kier alpha value is -3.30. The van der Waals surface area contributed by atoms with E-state index in [-0.39, 0.29) is 29.7 Å². The Morgan fingerprint density at radius 1 is 1.12 bits per heavy atom. The maximum Gasteiger partial charge on any atom is 0.434 e. The molecule has 176 valence electrons. The van der Waals surface area contributed by atoms with Crippen LogP contribution in [0.4, 0.5) is 24.8 Å². The van der Waals surface area contributed by atoms with Gasteiger partial charge in [-0.3, -0.25) is 9.20 Å². The van der Waals surface area contributed by atoms with E-state index in [1.165, 1.54) is 4.40 Å². The van der Waals surface area contributed by atoms with E-state index >= 15 is 0 Å². The second kappa shape index (κ2) is 9.29. The molecule has 0 bridgehead atoms. The summed E-state index contributed by atoms with van der Waals surface area (Å²) in [6.07, 6.45) is 1.28. The highest BCUT2D eigenvalue weighted by Crippen LogP contribution is 2.30. The number of carbonyl (C=O) groups is 1. The van der Waals surface area contributed by atoms with Crippen molar-refractivity contribution in [2.45, 2.75) is 63.8 Å². The van der Waals surface area contributed by atoms with E-state index in [1.54, 1.807) is 36.5 Å². The number of halogens is 3. The van der Waals surface area contributed by atoms with Crippen LogP contribution in [0, 0.1) is 0 Å². The molecule has 0 radical (unpaired) electrons. The third-order valence-corrected chi connectivity index (χ3v) is 5.66. The van der Waals surface area contributed by atoms with Gasteiger partial charge in [0.25, 0.3) is 5.91 Å². The second-order valence-electron chi connectivity index (χ2n) is 8.66. The highest BCUT2D eigenvalue weighted by Gasteiger charge is 2.34. The van der Waals surface area contributed by atoms with Gasteiger partial charge < -0.3 is 16.0 Å². The van der Waals surface area contributed by atoms with Crippen molar-refractivity contribution in [3.05, 3.63) is 54.0 Å². The molecule has 0 saturated heterocycles. The van der Waals surface area contributed by atoms with E-state index in [2.05, 4.69) is 25.9 Å². The molecule has 3 aromatic rings. The van der Waals surface area contributed by atoms with Gasteiger partial charge in [0.05, 0.1) is 0 Å². The van der Waals surface area contributed by atoms with Crippen LogP contribution in [0.3, 0.4) is 0 Å². The zero-order chi connectivity index (χ0) is 23.6. The number of hydrogen-bond donors (Lipinski definition) is 3. The van der Waals surface area contributed by atoms with Crippen molar-refractivity contribution in [2.24, 2.45) is 0 Å². The van der Waals surface area contributed by atoms with Crippen LogP contribution in [0.1, 0.15) is 55.6 Å². The fraction of sp³-hybridized carbons (Fsp3) is 0.435. The number of imidazole rings is 1. The molecule has 0 atom stereocenters. The van der Waals surface area contributed by atoms with Gasteiger partial charge in [0.1, 0.15) is 17.3 Å². The summed E-state index contributed by atoms with van der Waals surface area (Å²) in [7, 11) is 0. The number of anilines is 2. The van der Waals surface area contributed by atoms with E-state index in [4.69, 9.17) is 0 Å². The van der Waals surface area contributed by atoms with E-state index in [9.17, 15) is 18.0 Å². The molecule has 1 aliphatic rings. The molecule has 1 saturated carbocycles. The molecule has 0 aliphatic heterocycles. The first-order chi connectivity index (χ1) is 15.7. The van der Waals surface area contributed by atoms with Crippen LogP contribution in [-0.2, 0) is 6.18 Å². The number of aromatic nitrogens is 3. The lowest BCUT2D eigenvalue weighted by atomic mass is 9.91. The first kappa shape index (κ1) is 22.9. The first-order valence-corrected chi connectivity index (χ1v) is 11.0. The molecule has 10 heteroatoms. The average molecular weight is 461 g/mol. The number of pyridine rings is 2. The molecule has 4 rings (SSSR count). The zero-order valence-corrected chi connectivity index (χ0v) is 18.5. The molecule has 3 N–H and O–H groups in total. The molecule has 1 amide bonds. The minimum Gasteiger partial charge on any atom is -0.368 e. The maximum absolute atomic E-state index is 13.0. The Labute approximate surface area is 189 Å². The monoisotopic (exact) mass is 460 g/mol. The average Bonchev–Trinajstić information content (AvgIpc) is 3.21. The number of nitrogens with zero attached hydrogens (tertiary/aromatic N) is 3. The van der Waals surface area contributed by atoms with Crippen LogP contribution in [0.2, 0.25) is 0 Å². The number of alkyl halides is 3. The van der Waals surface area contributed by atoms with Crippen LogP contribution in [0.15, 0.2) is 42.7 Å². The van der Waals surface area contributed by atoms with Gasteiger partial charge in [-0.05, 0) is 63.8 Å². The second-order valence-corrected chi connectivity index (χ2v) is 8.66. The molecule has 7 nitrogen and oxygen atoms in total. The topological polar surface area (TPSA) is 83.4 Å². The van der Waals surface area contributed by atoms with E-state index in [1.807, 2.05) is 13.8 Å². The van der Waals surface area contributed by atoms with Gasteiger partial charge in [0, 0.05) is 36.1 Å². The van der Waals surface area contributed by atoms with Crippen molar-refractivity contribution < 1.29 is 18.0 Å². The first-order valence-electron chi connectivity index (χ1n) is 11.0. The fourth-order valence-electron chi connectivity index (χ4n) is 4.07. The molecule has 33 heavy (non-hydrogen) atoms. The van der Waals surface area contributed by atoms with E-state index < -0.39 is 11.9 Å². The van der Waals surface area contributed by atoms with Crippen LogP contribution in [0.5, 0.6) is 0 Å². The molecule has 1 fully saturated rings. The Morgan fingerprint density at radius 3 is 2.55 bits per heavy atom. The lowest BCUT2D eigenvalue weighted by Gasteiger charge is -2.30. The number of hydrogen-bond acceptors (Lipinski definition) is 5. The summed E-state index contributed by atoms with van der Waals surface area (Å²) in [5, 5.41) is 9.62. The molecule has 0 aromatic carbocycles. The van der Waals surface area contributed by atoms with Gasteiger partial charge in [0.15, 0.2) is 5.69 Å². The number of rotatable bonds is 6. The number of carbonyl (C=O) groups excluding carboxylic acids is 1. The van der Waals surface area contributed by atoms with Crippen LogP contribution in [-0.4, -0.2) is 38.4 Å². The van der Waals surface area contributed by atoms with Gasteiger partial charge in [-0.25, -0.2) is 9.97 Å². The van der Waals surface area contributed by atoms with Crippen molar-refractivity contribution >= 4 is 23.2 Å². The highest BCUT2D eigenvalue weighted by molar-refractivity contribution is 5.95. The van der Waals surface area contributed by atoms with Crippen LogP contribution in [0.25, 0.3) is 5.65 Å². The van der Waals surface area contributed by atoms with E-state index in [0.717, 1.165) is 31.9 Å². The SMILES string of the molecule is CC(C)Nc1cc(C(=O)N[C@H]2CC[C@@H](Nc3cccc4nc(C(F)(F)F)cn34)CC2)ccn1. The smallest absolute Gasteiger partial charge is 0.368 e. The van der Waals surface area contributed by atoms with Crippen molar-refractivity contribution in [1.82, 2.24) is 19.7 Å². The zero-order valence-electron chi connectivity index (χ0n) is 18.5. The van der Waals surface area contributed by atoms with Crippen molar-refractivity contribution in [3.8, 4) is 0 Å². The molecular formula is C23H27F3N6O. The van der Waals surface area contributed by atoms with Crippen LogP contribution < -0.4 is 16.0 Å². The number of amides is 1. The minimum absolute atomic E-state index is 0.0473. The van der Waals surface area contributed by atoms with Crippen molar-refractivity contribution in [2.75, 3.05) is 10.6 Å². The molecule has 3 aromatic heterocycles. The largest absolute Gasteiger partial charge is 0.434 e. The summed E-state index contributed by atoms with van der Waals surface area (Å²) in [5.74, 6) is 1.10. The Kier molecular flexibility index (Phi) is 6.44. The molecule has 1 aliphatic carbocycles. The summed E-state index contributed by atoms with van der Waals surface area (Å²) in [4.78, 5) is 20.6. The summed E-state index contributed by atoms with van der Waals surface area (Å²) in [6, 6.07) is 8.77. The van der Waals surface area contributed by atoms with Gasteiger partial charge in [-0.1, -0.05) is 6.07 Å². The number of fused-ring (bicyclic) bond motifs is 1. The predicted octanol–water partition coefficient (Wildman–Crippen LogP) is 4.72. The molecule has 0 unspecified atom stereocenters. The minimum atomic E-state index is -4.49. The summed E-state index contributed by atoms with van der Waals surface area (Å²) in [6.45, 7) is 4.01. The fourth-order valence-corrected chi connectivity index (χ4v) is 4.07. The maximum atomic E-state index is 13.0. The quantitative estimate of drug-likeness (QED) is 0.496. The Bertz CT molecular complexity index is 1120. The predicted molar refractivity (Wildman–Crippen MR) is 120 cm³/mol. The molecular weight excluding hydrogens is 433 g/mol. The van der Waals surface area contributed by atoms with E-state index in [0.29, 0.717) is 17.2 Å². The van der Waals surface area contributed by atoms with Crippen LogP contribution >= 0.6 is 0 Å².